The summed E-state index contributed by atoms with van der Waals surface area (Å²) >= 11 is 0. The van der Waals surface area contributed by atoms with Gasteiger partial charge in [-0.15, -0.1) is 0 Å². The lowest BCUT2D eigenvalue weighted by Gasteiger charge is -2.09. The monoisotopic (exact) mass is 313 g/mol. The van der Waals surface area contributed by atoms with E-state index in [0.717, 1.165) is 6.20 Å². The number of hydrogen-bond donors (Lipinski definition) is 2. The quantitative estimate of drug-likeness (QED) is 0.664. The second-order valence-corrected chi connectivity index (χ2v) is 4.34. The Morgan fingerprint density at radius 3 is 2.68 bits per heavy atom. The van der Waals surface area contributed by atoms with Gasteiger partial charge in [0.1, 0.15) is 6.20 Å². The van der Waals surface area contributed by atoms with Crippen molar-refractivity contribution in [2.24, 2.45) is 0 Å². The number of rotatable bonds is 4. The molecule has 3 N–H and O–H groups in total. The van der Waals surface area contributed by atoms with E-state index in [1.54, 1.807) is 0 Å². The minimum Gasteiger partial charge on any atom is -0.378 e. The van der Waals surface area contributed by atoms with Crippen LogP contribution in [0.3, 0.4) is 0 Å². The number of alkyl halides is 3. The number of halogens is 3. The van der Waals surface area contributed by atoms with E-state index >= 15 is 0 Å². The molecular formula is C12H10F3N5O2. The van der Waals surface area contributed by atoms with E-state index in [4.69, 9.17) is 5.73 Å². The first-order valence-corrected chi connectivity index (χ1v) is 5.94. The van der Waals surface area contributed by atoms with Crippen LogP contribution in [-0.4, -0.2) is 21.1 Å². The van der Waals surface area contributed by atoms with Gasteiger partial charge in [-0.1, -0.05) is 12.1 Å². The number of nitro groups is 1. The van der Waals surface area contributed by atoms with Crippen LogP contribution in [0.5, 0.6) is 0 Å². The van der Waals surface area contributed by atoms with Gasteiger partial charge in [0.2, 0.25) is 11.8 Å². The molecular weight excluding hydrogens is 303 g/mol. The summed E-state index contributed by atoms with van der Waals surface area (Å²) in [5, 5.41) is 13.2. The van der Waals surface area contributed by atoms with Crippen LogP contribution in [0.25, 0.3) is 0 Å². The topological polar surface area (TPSA) is 107 Å². The highest BCUT2D eigenvalue weighted by atomic mass is 19.4. The van der Waals surface area contributed by atoms with Crippen LogP contribution < -0.4 is 11.1 Å². The Morgan fingerprint density at radius 2 is 2.09 bits per heavy atom. The van der Waals surface area contributed by atoms with E-state index in [1.807, 2.05) is 0 Å². The lowest BCUT2D eigenvalue weighted by Crippen LogP contribution is -2.11. The van der Waals surface area contributed by atoms with Gasteiger partial charge in [-0.25, -0.2) is 4.98 Å². The number of benzene rings is 1. The largest absolute Gasteiger partial charge is 0.393 e. The Kier molecular flexibility index (Phi) is 4.11. The third-order valence-corrected chi connectivity index (χ3v) is 2.58. The first-order valence-electron chi connectivity index (χ1n) is 5.94. The van der Waals surface area contributed by atoms with Crippen molar-refractivity contribution in [3.8, 4) is 0 Å². The van der Waals surface area contributed by atoms with E-state index in [1.165, 1.54) is 24.3 Å². The lowest BCUT2D eigenvalue weighted by atomic mass is 10.1. The molecule has 1 aromatic heterocycles. The zero-order chi connectivity index (χ0) is 16.3. The molecule has 0 amide bonds. The first-order chi connectivity index (χ1) is 10.2. The van der Waals surface area contributed by atoms with Crippen LogP contribution in [0, 0.1) is 10.1 Å². The Hall–Kier alpha value is -2.91. The molecule has 0 aliphatic rings. The maximum Gasteiger partial charge on any atom is 0.393 e. The van der Waals surface area contributed by atoms with Crippen molar-refractivity contribution < 1.29 is 18.1 Å². The van der Waals surface area contributed by atoms with E-state index < -0.39 is 23.2 Å². The third-order valence-electron chi connectivity index (χ3n) is 2.58. The molecule has 0 aliphatic heterocycles. The van der Waals surface area contributed by atoms with Crippen LogP contribution in [0.4, 0.5) is 36.3 Å². The van der Waals surface area contributed by atoms with Crippen LogP contribution in [0.2, 0.25) is 0 Å². The minimum absolute atomic E-state index is 0.0488. The predicted molar refractivity (Wildman–Crippen MR) is 72.6 cm³/mol. The summed E-state index contributed by atoms with van der Waals surface area (Å²) < 4.78 is 37.0. The summed E-state index contributed by atoms with van der Waals surface area (Å²) in [6.45, 7) is 0. The molecule has 0 saturated heterocycles. The summed E-state index contributed by atoms with van der Waals surface area (Å²) in [4.78, 5) is 17.2. The number of nitrogens with two attached hydrogens (primary N) is 1. The maximum atomic E-state index is 12.3. The second kappa shape index (κ2) is 5.84. The van der Waals surface area contributed by atoms with Crippen LogP contribution in [0.15, 0.2) is 30.5 Å². The maximum absolute atomic E-state index is 12.3. The van der Waals surface area contributed by atoms with E-state index in [0.29, 0.717) is 5.69 Å². The number of anilines is 3. The predicted octanol–water partition coefficient (Wildman–Crippen LogP) is 2.82. The summed E-state index contributed by atoms with van der Waals surface area (Å²) in [7, 11) is 0. The molecule has 22 heavy (non-hydrogen) atoms. The van der Waals surface area contributed by atoms with Gasteiger partial charge in [-0.3, -0.25) is 10.1 Å². The number of aromatic nitrogens is 2. The summed E-state index contributed by atoms with van der Waals surface area (Å²) in [6, 6.07) is 5.58. The van der Waals surface area contributed by atoms with Gasteiger partial charge in [-0.05, 0) is 17.7 Å². The zero-order valence-electron chi connectivity index (χ0n) is 11.0. The Labute approximate surface area is 122 Å². The average molecular weight is 313 g/mol. The fourth-order valence-corrected chi connectivity index (χ4v) is 1.71. The molecule has 0 atom stereocenters. The molecule has 7 nitrogen and oxygen atoms in total. The normalized spacial score (nSPS) is 11.2. The van der Waals surface area contributed by atoms with Crippen LogP contribution in [-0.2, 0) is 6.42 Å². The fourth-order valence-electron chi connectivity index (χ4n) is 1.71. The van der Waals surface area contributed by atoms with Crippen molar-refractivity contribution in [2.45, 2.75) is 12.6 Å². The second-order valence-electron chi connectivity index (χ2n) is 4.34. The van der Waals surface area contributed by atoms with Gasteiger partial charge in [0.25, 0.3) is 0 Å². The van der Waals surface area contributed by atoms with Gasteiger partial charge in [0.05, 0.1) is 11.3 Å². The summed E-state index contributed by atoms with van der Waals surface area (Å²) in [5.41, 5.74) is 5.34. The third kappa shape index (κ3) is 4.04. The average Bonchev–Trinajstić information content (AvgIpc) is 2.36. The smallest absolute Gasteiger partial charge is 0.378 e. The van der Waals surface area contributed by atoms with Gasteiger partial charge in [0, 0.05) is 5.69 Å². The fraction of sp³-hybridized carbons (Fsp3) is 0.167. The van der Waals surface area contributed by atoms with Gasteiger partial charge >= 0.3 is 11.9 Å². The Morgan fingerprint density at radius 1 is 1.36 bits per heavy atom. The molecule has 0 radical (unpaired) electrons. The van der Waals surface area contributed by atoms with Crippen LogP contribution >= 0.6 is 0 Å². The molecule has 2 aromatic rings. The standard InChI is InChI=1S/C12H10F3N5O2/c13-12(14,15)5-7-2-1-3-8(4-7)18-11-17-6-9(20(21)22)10(16)19-11/h1-4,6H,5H2,(H3,16,17,18,19). The van der Waals surface area contributed by atoms with Gasteiger partial charge in [0.15, 0.2) is 0 Å². The van der Waals surface area contributed by atoms with Crippen molar-refractivity contribution in [2.75, 3.05) is 11.1 Å². The molecule has 0 bridgehead atoms. The summed E-state index contributed by atoms with van der Waals surface area (Å²) in [6.07, 6.45) is -4.46. The summed E-state index contributed by atoms with van der Waals surface area (Å²) in [5.74, 6) is -0.388. The zero-order valence-corrected chi connectivity index (χ0v) is 11.0. The molecule has 0 saturated carbocycles. The number of nitrogens with zero attached hydrogens (tertiary/aromatic N) is 3. The van der Waals surface area contributed by atoms with Crippen molar-refractivity contribution in [1.82, 2.24) is 9.97 Å². The number of hydrogen-bond acceptors (Lipinski definition) is 6. The van der Waals surface area contributed by atoms with Crippen molar-refractivity contribution in [3.05, 3.63) is 46.1 Å². The number of nitrogen functional groups attached to an aromatic ring is 1. The van der Waals surface area contributed by atoms with Crippen molar-refractivity contribution >= 4 is 23.1 Å². The van der Waals surface area contributed by atoms with E-state index in [2.05, 4.69) is 15.3 Å². The van der Waals surface area contributed by atoms with E-state index in [-0.39, 0.29) is 17.3 Å². The molecule has 2 rings (SSSR count). The lowest BCUT2D eigenvalue weighted by molar-refractivity contribution is -0.384. The van der Waals surface area contributed by atoms with Crippen molar-refractivity contribution in [3.63, 3.8) is 0 Å². The molecule has 0 aliphatic carbocycles. The van der Waals surface area contributed by atoms with Crippen molar-refractivity contribution in [1.29, 1.82) is 0 Å². The molecule has 0 spiro atoms. The van der Waals surface area contributed by atoms with Crippen LogP contribution in [0.1, 0.15) is 5.56 Å². The molecule has 10 heteroatoms. The molecule has 0 fully saturated rings. The minimum atomic E-state index is -4.31. The molecule has 116 valence electrons. The molecule has 1 heterocycles. The SMILES string of the molecule is Nc1nc(Nc2cccc(CC(F)(F)F)c2)ncc1[N+](=O)[O-]. The Bertz CT molecular complexity index is 705. The first kappa shape index (κ1) is 15.5. The molecule has 0 unspecified atom stereocenters. The van der Waals surface area contributed by atoms with E-state index in [9.17, 15) is 23.3 Å². The highest BCUT2D eigenvalue weighted by molar-refractivity contribution is 5.59. The van der Waals surface area contributed by atoms with Gasteiger partial charge < -0.3 is 11.1 Å². The Balaban J connectivity index is 2.19. The highest BCUT2D eigenvalue weighted by Crippen LogP contribution is 2.24. The molecule has 1 aromatic carbocycles. The highest BCUT2D eigenvalue weighted by Gasteiger charge is 2.27. The number of nitrogens with one attached hydrogen (secondary N) is 1. The van der Waals surface area contributed by atoms with Gasteiger partial charge in [-0.2, -0.15) is 18.2 Å².